The summed E-state index contributed by atoms with van der Waals surface area (Å²) in [6, 6.07) is 8.94. The lowest BCUT2D eigenvalue weighted by molar-refractivity contribution is -0.149. The van der Waals surface area contributed by atoms with Crippen molar-refractivity contribution in [2.75, 3.05) is 13.1 Å². The average molecular weight is 285 g/mol. The van der Waals surface area contributed by atoms with E-state index in [1.54, 1.807) is 31.2 Å². The quantitative estimate of drug-likeness (QED) is 0.748. The second-order valence-electron chi connectivity index (χ2n) is 5.65. The number of alkyl halides is 3. The van der Waals surface area contributed by atoms with Gasteiger partial charge in [-0.3, -0.25) is 4.90 Å². The summed E-state index contributed by atoms with van der Waals surface area (Å²) in [5.74, 6) is 0. The second kappa shape index (κ2) is 5.56. The number of hydrogen-bond donors (Lipinski definition) is 0. The first kappa shape index (κ1) is 15.0. The molecule has 1 atom stereocenters. The number of halogens is 3. The molecule has 1 aliphatic carbocycles. The van der Waals surface area contributed by atoms with Crippen molar-refractivity contribution in [3.63, 3.8) is 0 Å². The van der Waals surface area contributed by atoms with Gasteiger partial charge >= 0.3 is 6.18 Å². The second-order valence-corrected chi connectivity index (χ2v) is 5.65. The van der Waals surface area contributed by atoms with Crippen LogP contribution in [0.2, 0.25) is 0 Å². The summed E-state index contributed by atoms with van der Waals surface area (Å²) < 4.78 is 37.9. The Kier molecular flexibility index (Phi) is 4.18. The molecule has 1 aromatic carbocycles. The molecule has 0 N–H and O–H groups in total. The van der Waals surface area contributed by atoms with E-state index in [4.69, 9.17) is 0 Å². The fraction of sp³-hybridized carbons (Fsp3) is 0.533. The predicted octanol–water partition coefficient (Wildman–Crippen LogP) is 3.17. The highest BCUT2D eigenvalue weighted by Crippen LogP contribution is 2.33. The average Bonchev–Trinajstić information content (AvgIpc) is 3.21. The lowest BCUT2D eigenvalue weighted by atomic mass is 9.83. The molecule has 1 aromatic rings. The number of benzene rings is 1. The molecule has 0 heterocycles. The fourth-order valence-corrected chi connectivity index (χ4v) is 2.42. The van der Waals surface area contributed by atoms with Gasteiger partial charge in [0.15, 0.2) is 0 Å². The molecule has 2 nitrogen and oxygen atoms in total. The Morgan fingerprint density at radius 1 is 1.20 bits per heavy atom. The number of carbonyl (C=O) groups is 1. The number of aldehydes is 1. The number of nitrogens with zero attached hydrogens (tertiary/aromatic N) is 1. The lowest BCUT2D eigenvalue weighted by Gasteiger charge is -2.32. The molecule has 20 heavy (non-hydrogen) atoms. The Morgan fingerprint density at radius 3 is 2.25 bits per heavy atom. The minimum absolute atomic E-state index is 0.0420. The van der Waals surface area contributed by atoms with E-state index in [1.165, 1.54) is 4.90 Å². The van der Waals surface area contributed by atoms with Crippen LogP contribution in [0.5, 0.6) is 0 Å². The maximum absolute atomic E-state index is 12.6. The largest absolute Gasteiger partial charge is 0.401 e. The summed E-state index contributed by atoms with van der Waals surface area (Å²) in [5, 5.41) is 0. The van der Waals surface area contributed by atoms with Crippen molar-refractivity contribution in [3.05, 3.63) is 35.9 Å². The Hall–Kier alpha value is -1.36. The van der Waals surface area contributed by atoms with Crippen molar-refractivity contribution in [2.45, 2.75) is 37.4 Å². The molecule has 110 valence electrons. The van der Waals surface area contributed by atoms with Crippen molar-refractivity contribution >= 4 is 6.29 Å². The van der Waals surface area contributed by atoms with Gasteiger partial charge in [-0.05, 0) is 25.3 Å². The van der Waals surface area contributed by atoms with Crippen molar-refractivity contribution in [3.8, 4) is 0 Å². The lowest BCUT2D eigenvalue weighted by Crippen LogP contribution is -2.45. The van der Waals surface area contributed by atoms with Crippen LogP contribution in [0, 0.1) is 0 Å². The SMILES string of the molecule is CC(C=O)(CN(CC(F)(F)F)C1CC1)c1ccccc1. The van der Waals surface area contributed by atoms with Crippen LogP contribution in [0.1, 0.15) is 25.3 Å². The topological polar surface area (TPSA) is 20.3 Å². The van der Waals surface area contributed by atoms with Crippen LogP contribution in [0.15, 0.2) is 30.3 Å². The highest BCUT2D eigenvalue weighted by Gasteiger charge is 2.41. The van der Waals surface area contributed by atoms with E-state index < -0.39 is 18.1 Å². The molecule has 0 amide bonds. The third-order valence-electron chi connectivity index (χ3n) is 3.67. The van der Waals surface area contributed by atoms with Crippen LogP contribution >= 0.6 is 0 Å². The highest BCUT2D eigenvalue weighted by atomic mass is 19.4. The number of hydrogen-bond acceptors (Lipinski definition) is 2. The van der Waals surface area contributed by atoms with Crippen molar-refractivity contribution in [2.24, 2.45) is 0 Å². The Labute approximate surface area is 116 Å². The Balaban J connectivity index is 2.16. The molecule has 0 saturated heterocycles. The third-order valence-corrected chi connectivity index (χ3v) is 3.67. The van der Waals surface area contributed by atoms with Gasteiger partial charge in [0.25, 0.3) is 0 Å². The van der Waals surface area contributed by atoms with Crippen LogP contribution in [-0.4, -0.2) is 36.5 Å². The van der Waals surface area contributed by atoms with Gasteiger partial charge in [0, 0.05) is 12.6 Å². The van der Waals surface area contributed by atoms with Crippen molar-refractivity contribution in [1.82, 2.24) is 4.90 Å². The minimum atomic E-state index is -4.23. The van der Waals surface area contributed by atoms with Crippen molar-refractivity contribution in [1.29, 1.82) is 0 Å². The van der Waals surface area contributed by atoms with E-state index >= 15 is 0 Å². The zero-order chi connectivity index (χ0) is 14.8. The molecule has 0 aromatic heterocycles. The molecular formula is C15H18F3NO. The van der Waals surface area contributed by atoms with Crippen LogP contribution in [-0.2, 0) is 10.2 Å². The smallest absolute Gasteiger partial charge is 0.302 e. The molecule has 0 aliphatic heterocycles. The molecule has 1 unspecified atom stereocenters. The first-order valence-electron chi connectivity index (χ1n) is 6.67. The summed E-state index contributed by atoms with van der Waals surface area (Å²) in [7, 11) is 0. The number of carbonyl (C=O) groups excluding carboxylic acids is 1. The normalized spacial score (nSPS) is 18.9. The van der Waals surface area contributed by atoms with Gasteiger partial charge in [0.2, 0.25) is 0 Å². The summed E-state index contributed by atoms with van der Waals surface area (Å²) in [6.45, 7) is 0.847. The fourth-order valence-electron chi connectivity index (χ4n) is 2.42. The molecule has 0 bridgehead atoms. The zero-order valence-electron chi connectivity index (χ0n) is 11.4. The maximum atomic E-state index is 12.6. The summed E-state index contributed by atoms with van der Waals surface area (Å²) in [6.07, 6.45) is -1.92. The molecule has 1 fully saturated rings. The van der Waals surface area contributed by atoms with Gasteiger partial charge < -0.3 is 4.79 Å². The first-order chi connectivity index (χ1) is 9.34. The zero-order valence-corrected chi connectivity index (χ0v) is 11.4. The van der Waals surface area contributed by atoms with E-state index in [0.29, 0.717) is 0 Å². The van der Waals surface area contributed by atoms with Crippen LogP contribution < -0.4 is 0 Å². The van der Waals surface area contributed by atoms with Crippen LogP contribution in [0.25, 0.3) is 0 Å². The van der Waals surface area contributed by atoms with Gasteiger partial charge in [-0.2, -0.15) is 13.2 Å². The van der Waals surface area contributed by atoms with E-state index in [2.05, 4.69) is 0 Å². The molecule has 5 heteroatoms. The van der Waals surface area contributed by atoms with E-state index in [-0.39, 0.29) is 12.6 Å². The van der Waals surface area contributed by atoms with E-state index in [1.807, 2.05) is 6.07 Å². The molecule has 0 radical (unpaired) electrons. The Bertz CT molecular complexity index is 456. The molecule has 1 aliphatic rings. The summed E-state index contributed by atoms with van der Waals surface area (Å²) in [5.41, 5.74) is -0.155. The van der Waals surface area contributed by atoms with Gasteiger partial charge in [-0.15, -0.1) is 0 Å². The highest BCUT2D eigenvalue weighted by molar-refractivity contribution is 5.68. The summed E-state index contributed by atoms with van der Waals surface area (Å²) in [4.78, 5) is 12.9. The van der Waals surface area contributed by atoms with E-state index in [9.17, 15) is 18.0 Å². The van der Waals surface area contributed by atoms with Gasteiger partial charge in [-0.1, -0.05) is 30.3 Å². The Morgan fingerprint density at radius 2 is 1.80 bits per heavy atom. The van der Waals surface area contributed by atoms with Gasteiger partial charge in [0.05, 0.1) is 12.0 Å². The molecular weight excluding hydrogens is 267 g/mol. The van der Waals surface area contributed by atoms with Gasteiger partial charge in [-0.25, -0.2) is 0 Å². The summed E-state index contributed by atoms with van der Waals surface area (Å²) >= 11 is 0. The standard InChI is InChI=1S/C15H18F3NO/c1-14(11-20,12-5-3-2-4-6-12)9-19(13-7-8-13)10-15(16,17)18/h2-6,11,13H,7-10H2,1H3. The molecule has 2 rings (SSSR count). The number of rotatable bonds is 6. The van der Waals surface area contributed by atoms with Crippen LogP contribution in [0.4, 0.5) is 13.2 Å². The van der Waals surface area contributed by atoms with Crippen molar-refractivity contribution < 1.29 is 18.0 Å². The minimum Gasteiger partial charge on any atom is -0.302 e. The maximum Gasteiger partial charge on any atom is 0.401 e. The predicted molar refractivity (Wildman–Crippen MR) is 70.5 cm³/mol. The van der Waals surface area contributed by atoms with E-state index in [0.717, 1.165) is 24.7 Å². The molecule has 1 saturated carbocycles. The third kappa shape index (κ3) is 3.82. The first-order valence-corrected chi connectivity index (χ1v) is 6.67. The van der Waals surface area contributed by atoms with Gasteiger partial charge in [0.1, 0.15) is 6.29 Å². The molecule has 0 spiro atoms. The monoisotopic (exact) mass is 285 g/mol. The van der Waals surface area contributed by atoms with Crippen LogP contribution in [0.3, 0.4) is 0 Å².